The van der Waals surface area contributed by atoms with E-state index in [1.165, 1.54) is 12.8 Å². The largest absolute Gasteiger partial charge is 0.456 e. The highest BCUT2D eigenvalue weighted by Crippen LogP contribution is 2.35. The molecule has 3 nitrogen and oxygen atoms in total. The molecule has 3 heteroatoms. The van der Waals surface area contributed by atoms with Crippen LogP contribution in [0.15, 0.2) is 0 Å². The van der Waals surface area contributed by atoms with Crippen LogP contribution in [0.5, 0.6) is 0 Å². The Labute approximate surface area is 128 Å². The molecule has 0 amide bonds. The van der Waals surface area contributed by atoms with E-state index in [2.05, 4.69) is 20.8 Å². The number of ketones is 1. The Bertz CT molecular complexity index is 369. The fourth-order valence-corrected chi connectivity index (χ4v) is 3.98. The van der Waals surface area contributed by atoms with E-state index in [0.717, 1.165) is 38.5 Å². The van der Waals surface area contributed by atoms with Crippen LogP contribution in [0.3, 0.4) is 0 Å². The van der Waals surface area contributed by atoms with Crippen LogP contribution in [0, 0.1) is 23.7 Å². The number of carbonyl (C=O) groups excluding carboxylic acids is 2. The fourth-order valence-electron chi connectivity index (χ4n) is 3.98. The van der Waals surface area contributed by atoms with Gasteiger partial charge in [-0.3, -0.25) is 4.79 Å². The quantitative estimate of drug-likeness (QED) is 0.578. The maximum Gasteiger partial charge on any atom is 0.375 e. The maximum atomic E-state index is 12.3. The zero-order valence-electron chi connectivity index (χ0n) is 13.8. The molecule has 0 spiro atoms. The van der Waals surface area contributed by atoms with Crippen molar-refractivity contribution in [3.63, 3.8) is 0 Å². The summed E-state index contributed by atoms with van der Waals surface area (Å²) in [7, 11) is 0. The second kappa shape index (κ2) is 7.42. The standard InChI is InChI=1S/C18H30O3/c1-12(2)15-10-9-13(3)11-16(15)21-18(20)17(19)14-7-5-4-6-8-14/h12-16H,4-11H2,1-3H3/t13-,15+,16-/m1/s1. The predicted molar refractivity (Wildman–Crippen MR) is 82.8 cm³/mol. The molecule has 0 radical (unpaired) electrons. The highest BCUT2D eigenvalue weighted by atomic mass is 16.5. The topological polar surface area (TPSA) is 43.4 Å². The van der Waals surface area contributed by atoms with Crippen LogP contribution < -0.4 is 0 Å². The maximum absolute atomic E-state index is 12.3. The van der Waals surface area contributed by atoms with E-state index in [9.17, 15) is 9.59 Å². The van der Waals surface area contributed by atoms with Gasteiger partial charge in [0.2, 0.25) is 5.78 Å². The summed E-state index contributed by atoms with van der Waals surface area (Å²) in [6, 6.07) is 0. The number of ether oxygens (including phenoxy) is 1. The number of hydrogen-bond donors (Lipinski definition) is 0. The zero-order valence-corrected chi connectivity index (χ0v) is 13.8. The summed E-state index contributed by atoms with van der Waals surface area (Å²) < 4.78 is 5.66. The van der Waals surface area contributed by atoms with E-state index < -0.39 is 5.97 Å². The lowest BCUT2D eigenvalue weighted by Crippen LogP contribution is -2.39. The highest BCUT2D eigenvalue weighted by molar-refractivity contribution is 6.34. The Hall–Kier alpha value is -0.860. The Morgan fingerprint density at radius 3 is 2.29 bits per heavy atom. The lowest BCUT2D eigenvalue weighted by atomic mass is 9.75. The van der Waals surface area contributed by atoms with Gasteiger partial charge in [0.05, 0.1) is 0 Å². The minimum absolute atomic E-state index is 0.0613. The first-order chi connectivity index (χ1) is 9.99. The summed E-state index contributed by atoms with van der Waals surface area (Å²) >= 11 is 0. The first kappa shape index (κ1) is 16.5. The van der Waals surface area contributed by atoms with Crippen molar-refractivity contribution >= 4 is 11.8 Å². The molecule has 0 unspecified atom stereocenters. The second-order valence-electron chi connectivity index (χ2n) is 7.47. The monoisotopic (exact) mass is 294 g/mol. The zero-order chi connectivity index (χ0) is 15.4. The van der Waals surface area contributed by atoms with E-state index in [4.69, 9.17) is 4.74 Å². The molecule has 0 heterocycles. The molecule has 0 aromatic heterocycles. The number of Topliss-reactive ketones (excluding diaryl/α,β-unsaturated/α-hetero) is 1. The van der Waals surface area contributed by atoms with Crippen LogP contribution in [-0.4, -0.2) is 17.9 Å². The van der Waals surface area contributed by atoms with Gasteiger partial charge in [0, 0.05) is 5.92 Å². The molecule has 2 rings (SSSR count). The smallest absolute Gasteiger partial charge is 0.375 e. The molecule has 0 aromatic carbocycles. The average molecular weight is 294 g/mol. The molecule has 2 fully saturated rings. The lowest BCUT2D eigenvalue weighted by Gasteiger charge is -2.36. The van der Waals surface area contributed by atoms with Gasteiger partial charge in [-0.25, -0.2) is 4.79 Å². The SMILES string of the molecule is CC(C)[C@@H]1CC[C@@H](C)C[C@H]1OC(=O)C(=O)C1CCCCC1. The van der Waals surface area contributed by atoms with Gasteiger partial charge in [-0.15, -0.1) is 0 Å². The van der Waals surface area contributed by atoms with Gasteiger partial charge in [-0.2, -0.15) is 0 Å². The Balaban J connectivity index is 1.94. The summed E-state index contributed by atoms with van der Waals surface area (Å²) in [6.45, 7) is 6.58. The van der Waals surface area contributed by atoms with E-state index in [1.807, 2.05) is 0 Å². The van der Waals surface area contributed by atoms with E-state index >= 15 is 0 Å². The van der Waals surface area contributed by atoms with E-state index in [1.54, 1.807) is 0 Å². The first-order valence-corrected chi connectivity index (χ1v) is 8.73. The van der Waals surface area contributed by atoms with Crippen LogP contribution in [-0.2, 0) is 14.3 Å². The van der Waals surface area contributed by atoms with Crippen molar-refractivity contribution < 1.29 is 14.3 Å². The average Bonchev–Trinajstić information content (AvgIpc) is 2.47. The molecule has 0 aliphatic heterocycles. The number of esters is 1. The highest BCUT2D eigenvalue weighted by Gasteiger charge is 2.36. The summed E-state index contributed by atoms with van der Waals surface area (Å²) in [6.07, 6.45) is 8.21. The molecule has 0 aromatic rings. The molecule has 2 aliphatic carbocycles. The van der Waals surface area contributed by atoms with Gasteiger partial charge >= 0.3 is 5.97 Å². The Morgan fingerprint density at radius 2 is 1.67 bits per heavy atom. The minimum atomic E-state index is -0.563. The van der Waals surface area contributed by atoms with Gasteiger partial charge in [0.1, 0.15) is 6.10 Å². The van der Waals surface area contributed by atoms with Crippen LogP contribution in [0.2, 0.25) is 0 Å². The summed E-state index contributed by atoms with van der Waals surface area (Å²) in [5, 5.41) is 0. The molecule has 2 aliphatic rings. The van der Waals surface area contributed by atoms with Crippen LogP contribution in [0.1, 0.15) is 72.1 Å². The third kappa shape index (κ3) is 4.31. The van der Waals surface area contributed by atoms with Gasteiger partial charge in [-0.05, 0) is 43.4 Å². The van der Waals surface area contributed by atoms with Gasteiger partial charge < -0.3 is 4.74 Å². The molecule has 0 bridgehead atoms. The van der Waals surface area contributed by atoms with E-state index in [0.29, 0.717) is 17.8 Å². The molecule has 3 atom stereocenters. The molecule has 0 N–H and O–H groups in total. The third-order valence-electron chi connectivity index (χ3n) is 5.40. The predicted octanol–water partition coefficient (Wildman–Crippen LogP) is 4.14. The van der Waals surface area contributed by atoms with Crippen LogP contribution in [0.4, 0.5) is 0 Å². The number of rotatable bonds is 4. The molecular weight excluding hydrogens is 264 g/mol. The molecule has 120 valence electrons. The molecular formula is C18H30O3. The van der Waals surface area contributed by atoms with Crippen molar-refractivity contribution in [1.29, 1.82) is 0 Å². The number of hydrogen-bond acceptors (Lipinski definition) is 3. The van der Waals surface area contributed by atoms with Crippen molar-refractivity contribution in [2.45, 2.75) is 78.2 Å². The van der Waals surface area contributed by atoms with E-state index in [-0.39, 0.29) is 17.8 Å². The van der Waals surface area contributed by atoms with Gasteiger partial charge in [-0.1, -0.05) is 46.5 Å². The number of carbonyl (C=O) groups is 2. The first-order valence-electron chi connectivity index (χ1n) is 8.73. The summed E-state index contributed by atoms with van der Waals surface area (Å²) in [4.78, 5) is 24.5. The summed E-state index contributed by atoms with van der Waals surface area (Å²) in [5.41, 5.74) is 0. The summed E-state index contributed by atoms with van der Waals surface area (Å²) in [5.74, 6) is 0.582. The van der Waals surface area contributed by atoms with Gasteiger partial charge in [0.15, 0.2) is 0 Å². The molecule has 2 saturated carbocycles. The van der Waals surface area contributed by atoms with Gasteiger partial charge in [0.25, 0.3) is 0 Å². The van der Waals surface area contributed by atoms with Crippen molar-refractivity contribution in [2.75, 3.05) is 0 Å². The second-order valence-corrected chi connectivity index (χ2v) is 7.47. The van der Waals surface area contributed by atoms with Crippen LogP contribution >= 0.6 is 0 Å². The molecule has 21 heavy (non-hydrogen) atoms. The minimum Gasteiger partial charge on any atom is -0.456 e. The lowest BCUT2D eigenvalue weighted by molar-refractivity contribution is -0.165. The Morgan fingerprint density at radius 1 is 1.00 bits per heavy atom. The van der Waals surface area contributed by atoms with Crippen molar-refractivity contribution in [2.24, 2.45) is 23.7 Å². The fraction of sp³-hybridized carbons (Fsp3) is 0.889. The Kier molecular flexibility index (Phi) is 5.83. The normalized spacial score (nSPS) is 31.1. The van der Waals surface area contributed by atoms with Crippen molar-refractivity contribution in [3.05, 3.63) is 0 Å². The van der Waals surface area contributed by atoms with Crippen LogP contribution in [0.25, 0.3) is 0 Å². The van der Waals surface area contributed by atoms with Crippen molar-refractivity contribution in [3.8, 4) is 0 Å². The third-order valence-corrected chi connectivity index (χ3v) is 5.40. The van der Waals surface area contributed by atoms with Crippen molar-refractivity contribution in [1.82, 2.24) is 0 Å². The molecule has 0 saturated heterocycles.